The molecule has 0 saturated carbocycles. The average molecular weight is 342 g/mol. The lowest BCUT2D eigenvalue weighted by Crippen LogP contribution is -2.36. The summed E-state index contributed by atoms with van der Waals surface area (Å²) in [5.41, 5.74) is 2.99. The molecule has 6 heteroatoms. The fraction of sp³-hybridized carbons (Fsp3) is 0.474. The van der Waals surface area contributed by atoms with E-state index < -0.39 is 5.60 Å². The first-order valence-corrected chi connectivity index (χ1v) is 8.75. The molecule has 25 heavy (non-hydrogen) atoms. The molecule has 1 aliphatic rings. The molecule has 1 aromatic heterocycles. The number of nitrogens with zero attached hydrogens (tertiary/aromatic N) is 1. The molecule has 1 heterocycles. The fourth-order valence-corrected chi connectivity index (χ4v) is 3.09. The molecule has 0 spiro atoms. The van der Waals surface area contributed by atoms with Gasteiger partial charge in [-0.2, -0.15) is 0 Å². The number of aryl methyl sites for hydroxylation is 1. The van der Waals surface area contributed by atoms with Crippen LogP contribution in [0.3, 0.4) is 0 Å². The summed E-state index contributed by atoms with van der Waals surface area (Å²) in [5.74, 6) is 0.890. The van der Waals surface area contributed by atoms with Gasteiger partial charge in [-0.3, -0.25) is 0 Å². The highest BCUT2D eigenvalue weighted by Crippen LogP contribution is 2.32. The van der Waals surface area contributed by atoms with E-state index >= 15 is 0 Å². The third kappa shape index (κ3) is 4.75. The Hall–Kier alpha value is -2.50. The van der Waals surface area contributed by atoms with E-state index in [1.165, 1.54) is 11.1 Å². The number of benzene rings is 1. The maximum absolute atomic E-state index is 12.1. The van der Waals surface area contributed by atoms with Crippen molar-refractivity contribution in [2.24, 2.45) is 0 Å². The number of aromatic nitrogens is 2. The van der Waals surface area contributed by atoms with Gasteiger partial charge in [-0.15, -0.1) is 0 Å². The monoisotopic (exact) mass is 342 g/mol. The van der Waals surface area contributed by atoms with Crippen LogP contribution in [0.5, 0.6) is 0 Å². The number of hydrogen-bond acceptors (Lipinski definition) is 4. The zero-order valence-electron chi connectivity index (χ0n) is 15.1. The molecule has 3 rings (SSSR count). The van der Waals surface area contributed by atoms with E-state index in [4.69, 9.17) is 4.74 Å². The second-order valence-electron chi connectivity index (χ2n) is 7.39. The molecule has 0 bridgehead atoms. The summed E-state index contributed by atoms with van der Waals surface area (Å²) in [6.45, 7) is 6.25. The van der Waals surface area contributed by atoms with E-state index in [-0.39, 0.29) is 12.1 Å². The molecule has 1 aliphatic carbocycles. The van der Waals surface area contributed by atoms with Gasteiger partial charge in [-0.1, -0.05) is 6.07 Å². The van der Waals surface area contributed by atoms with Crippen LogP contribution in [0.15, 0.2) is 30.6 Å². The van der Waals surface area contributed by atoms with Gasteiger partial charge in [0.05, 0.1) is 12.6 Å². The van der Waals surface area contributed by atoms with Gasteiger partial charge in [-0.25, -0.2) is 9.78 Å². The van der Waals surface area contributed by atoms with Crippen molar-refractivity contribution >= 4 is 11.8 Å². The molecule has 1 aromatic carbocycles. The lowest BCUT2D eigenvalue weighted by Gasteiger charge is -2.28. The number of nitrogens with one attached hydrogen (secondary N) is 3. The molecular weight excluding hydrogens is 316 g/mol. The standard InChI is InChI=1S/C19H26N4O2/c1-19(2,3)25-18(24)23-16-6-4-5-13-7-8-14(11-15(13)16)22-12-17-20-9-10-21-17/h7-11,16,22H,4-6,12H2,1-3H3,(H,20,21)(H,23,24). The Balaban J connectivity index is 1.70. The predicted molar refractivity (Wildman–Crippen MR) is 97.4 cm³/mol. The van der Waals surface area contributed by atoms with Gasteiger partial charge in [-0.05, 0) is 63.3 Å². The number of hydrogen-bond donors (Lipinski definition) is 3. The summed E-state index contributed by atoms with van der Waals surface area (Å²) in [6.07, 6.45) is 6.22. The molecule has 1 amide bonds. The van der Waals surface area contributed by atoms with Crippen LogP contribution in [0.4, 0.5) is 10.5 Å². The summed E-state index contributed by atoms with van der Waals surface area (Å²) in [6, 6.07) is 6.34. The second-order valence-corrected chi connectivity index (χ2v) is 7.39. The molecule has 0 fully saturated rings. The van der Waals surface area contributed by atoms with E-state index in [1.807, 2.05) is 27.0 Å². The van der Waals surface area contributed by atoms with Crippen LogP contribution in [0, 0.1) is 0 Å². The summed E-state index contributed by atoms with van der Waals surface area (Å²) >= 11 is 0. The Morgan fingerprint density at radius 2 is 2.24 bits per heavy atom. The summed E-state index contributed by atoms with van der Waals surface area (Å²) < 4.78 is 5.40. The highest BCUT2D eigenvalue weighted by Gasteiger charge is 2.24. The average Bonchev–Trinajstić information content (AvgIpc) is 3.05. The van der Waals surface area contributed by atoms with Crippen molar-refractivity contribution in [2.45, 2.75) is 58.2 Å². The minimum Gasteiger partial charge on any atom is -0.444 e. The summed E-state index contributed by atoms with van der Waals surface area (Å²) in [5, 5.41) is 6.39. The fourth-order valence-electron chi connectivity index (χ4n) is 3.09. The van der Waals surface area contributed by atoms with Gasteiger partial charge in [0.1, 0.15) is 11.4 Å². The Bertz CT molecular complexity index is 720. The molecule has 2 aromatic rings. The quantitative estimate of drug-likeness (QED) is 0.787. The van der Waals surface area contributed by atoms with Crippen molar-refractivity contribution in [3.63, 3.8) is 0 Å². The number of aromatic amines is 1. The molecule has 3 N–H and O–H groups in total. The lowest BCUT2D eigenvalue weighted by molar-refractivity contribution is 0.0498. The van der Waals surface area contributed by atoms with E-state index in [0.29, 0.717) is 6.54 Å². The minimum absolute atomic E-state index is 0.0102. The zero-order valence-corrected chi connectivity index (χ0v) is 15.1. The Kier molecular flexibility index (Phi) is 4.97. The van der Waals surface area contributed by atoms with Crippen LogP contribution < -0.4 is 10.6 Å². The molecule has 1 atom stereocenters. The summed E-state index contributed by atoms with van der Waals surface area (Å²) in [7, 11) is 0. The SMILES string of the molecule is CC(C)(C)OC(=O)NC1CCCc2ccc(NCc3ncc[nH]3)cc21. The first kappa shape index (κ1) is 17.3. The largest absolute Gasteiger partial charge is 0.444 e. The number of ether oxygens (including phenoxy) is 1. The lowest BCUT2D eigenvalue weighted by atomic mass is 9.87. The normalized spacial score (nSPS) is 16.8. The number of H-pyrrole nitrogens is 1. The zero-order chi connectivity index (χ0) is 17.9. The summed E-state index contributed by atoms with van der Waals surface area (Å²) in [4.78, 5) is 19.4. The topological polar surface area (TPSA) is 79.0 Å². The van der Waals surface area contributed by atoms with Crippen LogP contribution in [-0.2, 0) is 17.7 Å². The number of fused-ring (bicyclic) bond motifs is 1. The van der Waals surface area contributed by atoms with Crippen molar-refractivity contribution in [3.05, 3.63) is 47.5 Å². The number of rotatable bonds is 4. The molecule has 0 aliphatic heterocycles. The van der Waals surface area contributed by atoms with Gasteiger partial charge in [0, 0.05) is 18.1 Å². The number of alkyl carbamates (subject to hydrolysis) is 1. The van der Waals surface area contributed by atoms with Gasteiger partial charge in [0.2, 0.25) is 0 Å². The van der Waals surface area contributed by atoms with Crippen molar-refractivity contribution in [1.82, 2.24) is 15.3 Å². The maximum Gasteiger partial charge on any atom is 0.408 e. The van der Waals surface area contributed by atoms with Gasteiger partial charge in [0.25, 0.3) is 0 Å². The van der Waals surface area contributed by atoms with E-state index in [1.54, 1.807) is 6.20 Å². The highest BCUT2D eigenvalue weighted by molar-refractivity contribution is 5.69. The van der Waals surface area contributed by atoms with Crippen LogP contribution in [0.1, 0.15) is 56.6 Å². The first-order valence-electron chi connectivity index (χ1n) is 8.75. The third-order valence-electron chi connectivity index (χ3n) is 4.17. The molecule has 134 valence electrons. The molecule has 6 nitrogen and oxygen atoms in total. The first-order chi connectivity index (χ1) is 11.9. The van der Waals surface area contributed by atoms with Crippen LogP contribution in [0.25, 0.3) is 0 Å². The maximum atomic E-state index is 12.1. The Morgan fingerprint density at radius 3 is 2.96 bits per heavy atom. The van der Waals surface area contributed by atoms with E-state index in [2.05, 4.69) is 38.8 Å². The number of carbonyl (C=O) groups excluding carboxylic acids is 1. The molecule has 0 saturated heterocycles. The Labute approximate surface area is 148 Å². The smallest absolute Gasteiger partial charge is 0.408 e. The number of amides is 1. The van der Waals surface area contributed by atoms with Crippen molar-refractivity contribution in [1.29, 1.82) is 0 Å². The Morgan fingerprint density at radius 1 is 1.40 bits per heavy atom. The van der Waals surface area contributed by atoms with Crippen molar-refractivity contribution < 1.29 is 9.53 Å². The van der Waals surface area contributed by atoms with Gasteiger partial charge >= 0.3 is 6.09 Å². The van der Waals surface area contributed by atoms with Gasteiger partial charge in [0.15, 0.2) is 0 Å². The van der Waals surface area contributed by atoms with Gasteiger partial charge < -0.3 is 20.4 Å². The molecular formula is C19H26N4O2. The predicted octanol–water partition coefficient (Wildman–Crippen LogP) is 3.92. The number of anilines is 1. The van der Waals surface area contributed by atoms with Crippen LogP contribution in [0.2, 0.25) is 0 Å². The number of imidazole rings is 1. The number of carbonyl (C=O) groups is 1. The van der Waals surface area contributed by atoms with Crippen molar-refractivity contribution in [3.8, 4) is 0 Å². The van der Waals surface area contributed by atoms with Crippen molar-refractivity contribution in [2.75, 3.05) is 5.32 Å². The third-order valence-corrected chi connectivity index (χ3v) is 4.17. The van der Waals surface area contributed by atoms with Crippen LogP contribution in [-0.4, -0.2) is 21.7 Å². The van der Waals surface area contributed by atoms with E-state index in [9.17, 15) is 4.79 Å². The minimum atomic E-state index is -0.492. The van der Waals surface area contributed by atoms with E-state index in [0.717, 1.165) is 30.8 Å². The highest BCUT2D eigenvalue weighted by atomic mass is 16.6. The van der Waals surface area contributed by atoms with Crippen LogP contribution >= 0.6 is 0 Å². The second kappa shape index (κ2) is 7.17. The molecule has 0 radical (unpaired) electrons. The molecule has 1 unspecified atom stereocenters.